The Bertz CT molecular complexity index is 602. The van der Waals surface area contributed by atoms with Gasteiger partial charge in [0.1, 0.15) is 0 Å². The molecule has 0 aromatic heterocycles. The molecule has 0 radical (unpaired) electrons. The van der Waals surface area contributed by atoms with Crippen molar-refractivity contribution >= 4 is 27.3 Å². The van der Waals surface area contributed by atoms with Crippen LogP contribution in [0.3, 0.4) is 0 Å². The molecule has 1 aliphatic carbocycles. The summed E-state index contributed by atoms with van der Waals surface area (Å²) in [6.07, 6.45) is 3.12. The molecule has 1 fully saturated rings. The van der Waals surface area contributed by atoms with E-state index in [0.29, 0.717) is 18.5 Å². The van der Waals surface area contributed by atoms with E-state index < -0.39 is 20.6 Å². The summed E-state index contributed by atoms with van der Waals surface area (Å²) >= 11 is -0.192. The lowest BCUT2D eigenvalue weighted by Gasteiger charge is -2.22. The van der Waals surface area contributed by atoms with Gasteiger partial charge >= 0.3 is 5.51 Å². The molecular weight excluding hydrogens is 323 g/mol. The molecule has 0 saturated heterocycles. The fraction of sp³-hybridized carbons (Fsp3) is 0.538. The third-order valence-corrected chi connectivity index (χ3v) is 5.93. The standard InChI is InChI=1S/C13H16F3NO2S2/c1-21(18,19)12-8-4-6-10(12)17-9-5-2-3-7-11(9)20-13(14,15)16/h2-3,5,7,10,12,17H,4,6,8H2,1H3. The van der Waals surface area contributed by atoms with Crippen molar-refractivity contribution in [2.45, 2.75) is 41.0 Å². The highest BCUT2D eigenvalue weighted by Gasteiger charge is 2.36. The van der Waals surface area contributed by atoms with Gasteiger partial charge < -0.3 is 5.32 Å². The Morgan fingerprint density at radius 1 is 1.24 bits per heavy atom. The van der Waals surface area contributed by atoms with Crippen molar-refractivity contribution < 1.29 is 21.6 Å². The molecule has 2 atom stereocenters. The average Bonchev–Trinajstić information content (AvgIpc) is 2.77. The summed E-state index contributed by atoms with van der Waals surface area (Å²) in [6, 6.07) is 5.75. The van der Waals surface area contributed by atoms with Crippen LogP contribution in [0.2, 0.25) is 0 Å². The Balaban J connectivity index is 2.20. The van der Waals surface area contributed by atoms with Gasteiger partial charge in [0.2, 0.25) is 0 Å². The van der Waals surface area contributed by atoms with Gasteiger partial charge in [-0.2, -0.15) is 13.2 Å². The fourth-order valence-corrected chi connectivity index (χ4v) is 4.63. The van der Waals surface area contributed by atoms with Gasteiger partial charge in [0, 0.05) is 22.9 Å². The number of hydrogen-bond donors (Lipinski definition) is 1. The number of anilines is 1. The van der Waals surface area contributed by atoms with E-state index in [4.69, 9.17) is 0 Å². The average molecular weight is 339 g/mol. The first-order valence-electron chi connectivity index (χ1n) is 6.47. The van der Waals surface area contributed by atoms with Crippen LogP contribution in [0.5, 0.6) is 0 Å². The van der Waals surface area contributed by atoms with Gasteiger partial charge in [-0.25, -0.2) is 8.42 Å². The van der Waals surface area contributed by atoms with Crippen LogP contribution < -0.4 is 5.32 Å². The molecule has 0 amide bonds. The predicted molar refractivity (Wildman–Crippen MR) is 78.2 cm³/mol. The summed E-state index contributed by atoms with van der Waals surface area (Å²) in [7, 11) is -3.21. The molecule has 0 heterocycles. The topological polar surface area (TPSA) is 46.2 Å². The molecule has 1 saturated carbocycles. The fourth-order valence-electron chi connectivity index (χ4n) is 2.60. The summed E-state index contributed by atoms with van der Waals surface area (Å²) in [4.78, 5) is 0.0594. The van der Waals surface area contributed by atoms with Crippen LogP contribution in [0.25, 0.3) is 0 Å². The number of para-hydroxylation sites is 1. The Labute approximate surface area is 126 Å². The maximum atomic E-state index is 12.5. The van der Waals surface area contributed by atoms with Crippen molar-refractivity contribution in [2.24, 2.45) is 0 Å². The van der Waals surface area contributed by atoms with E-state index in [2.05, 4.69) is 5.32 Å². The zero-order chi connectivity index (χ0) is 15.7. The van der Waals surface area contributed by atoms with E-state index in [1.807, 2.05) is 0 Å². The smallest absolute Gasteiger partial charge is 0.380 e. The van der Waals surface area contributed by atoms with E-state index in [-0.39, 0.29) is 22.7 Å². The molecule has 0 bridgehead atoms. The molecule has 1 aliphatic rings. The summed E-state index contributed by atoms with van der Waals surface area (Å²) in [5, 5.41) is 2.45. The van der Waals surface area contributed by atoms with Crippen molar-refractivity contribution in [1.29, 1.82) is 0 Å². The van der Waals surface area contributed by atoms with Gasteiger partial charge in [-0.1, -0.05) is 12.1 Å². The number of hydrogen-bond acceptors (Lipinski definition) is 4. The van der Waals surface area contributed by atoms with Crippen molar-refractivity contribution in [1.82, 2.24) is 0 Å². The van der Waals surface area contributed by atoms with Crippen LogP contribution in [-0.4, -0.2) is 31.5 Å². The Hall–Kier alpha value is -0.890. The minimum atomic E-state index is -4.37. The van der Waals surface area contributed by atoms with Gasteiger partial charge in [0.25, 0.3) is 0 Å². The summed E-state index contributed by atoms with van der Waals surface area (Å²) in [5.74, 6) is 0. The molecule has 21 heavy (non-hydrogen) atoms. The van der Waals surface area contributed by atoms with Gasteiger partial charge in [-0.3, -0.25) is 0 Å². The van der Waals surface area contributed by atoms with E-state index in [9.17, 15) is 21.6 Å². The normalized spacial score (nSPS) is 23.2. The summed E-state index contributed by atoms with van der Waals surface area (Å²) in [6.45, 7) is 0. The number of halogens is 3. The lowest BCUT2D eigenvalue weighted by atomic mass is 10.2. The maximum Gasteiger partial charge on any atom is 0.446 e. The van der Waals surface area contributed by atoms with Crippen LogP contribution in [0.15, 0.2) is 29.2 Å². The first kappa shape index (κ1) is 16.5. The molecule has 1 N–H and O–H groups in total. The van der Waals surface area contributed by atoms with Crippen molar-refractivity contribution in [3.63, 3.8) is 0 Å². The van der Waals surface area contributed by atoms with E-state index >= 15 is 0 Å². The molecule has 2 rings (SSSR count). The van der Waals surface area contributed by atoms with Gasteiger partial charge in [0.05, 0.1) is 5.25 Å². The number of sulfone groups is 1. The maximum absolute atomic E-state index is 12.5. The number of rotatable bonds is 4. The van der Waals surface area contributed by atoms with E-state index in [1.165, 1.54) is 18.4 Å². The molecule has 0 spiro atoms. The number of benzene rings is 1. The van der Waals surface area contributed by atoms with Crippen LogP contribution >= 0.6 is 11.8 Å². The monoisotopic (exact) mass is 339 g/mol. The largest absolute Gasteiger partial charge is 0.446 e. The lowest BCUT2D eigenvalue weighted by molar-refractivity contribution is -0.0328. The Morgan fingerprint density at radius 2 is 1.90 bits per heavy atom. The highest BCUT2D eigenvalue weighted by atomic mass is 32.2. The molecule has 8 heteroatoms. The second-order valence-corrected chi connectivity index (χ2v) is 8.47. The molecule has 0 aliphatic heterocycles. The SMILES string of the molecule is CS(=O)(=O)C1CCCC1Nc1ccccc1SC(F)(F)F. The minimum Gasteiger partial charge on any atom is -0.380 e. The van der Waals surface area contributed by atoms with Crippen molar-refractivity contribution in [2.75, 3.05) is 11.6 Å². The number of nitrogens with one attached hydrogen (secondary N) is 1. The minimum absolute atomic E-state index is 0.0594. The predicted octanol–water partition coefficient (Wildman–Crippen LogP) is 3.68. The number of thioether (sulfide) groups is 1. The van der Waals surface area contributed by atoms with Crippen LogP contribution in [0.1, 0.15) is 19.3 Å². The molecular formula is C13H16F3NO2S2. The van der Waals surface area contributed by atoms with Crippen LogP contribution in [0, 0.1) is 0 Å². The Kier molecular flexibility index (Phi) is 4.77. The molecule has 3 nitrogen and oxygen atoms in total. The van der Waals surface area contributed by atoms with Gasteiger partial charge in [-0.05, 0) is 43.2 Å². The van der Waals surface area contributed by atoms with Crippen LogP contribution in [0.4, 0.5) is 18.9 Å². The van der Waals surface area contributed by atoms with Crippen molar-refractivity contribution in [3.05, 3.63) is 24.3 Å². The van der Waals surface area contributed by atoms with Crippen molar-refractivity contribution in [3.8, 4) is 0 Å². The number of alkyl halides is 3. The van der Waals surface area contributed by atoms with Gasteiger partial charge in [0.15, 0.2) is 9.84 Å². The summed E-state index contributed by atoms with van der Waals surface area (Å²) in [5.41, 5.74) is -4.04. The quantitative estimate of drug-likeness (QED) is 0.850. The van der Waals surface area contributed by atoms with E-state index in [1.54, 1.807) is 12.1 Å². The summed E-state index contributed by atoms with van der Waals surface area (Å²) < 4.78 is 61.1. The zero-order valence-corrected chi connectivity index (χ0v) is 13.0. The zero-order valence-electron chi connectivity index (χ0n) is 11.4. The third kappa shape index (κ3) is 4.54. The first-order chi connectivity index (χ1) is 9.67. The molecule has 1 aromatic carbocycles. The third-order valence-electron chi connectivity index (χ3n) is 3.46. The Morgan fingerprint density at radius 3 is 2.52 bits per heavy atom. The highest BCUT2D eigenvalue weighted by Crippen LogP contribution is 2.41. The van der Waals surface area contributed by atoms with Crippen LogP contribution in [-0.2, 0) is 9.84 Å². The molecule has 1 aromatic rings. The second-order valence-electron chi connectivity index (χ2n) is 5.09. The molecule has 118 valence electrons. The first-order valence-corrected chi connectivity index (χ1v) is 9.24. The lowest BCUT2D eigenvalue weighted by Crippen LogP contribution is -2.34. The molecule has 2 unspecified atom stereocenters. The van der Waals surface area contributed by atoms with Gasteiger partial charge in [-0.15, -0.1) is 0 Å². The van der Waals surface area contributed by atoms with E-state index in [0.717, 1.165) is 6.42 Å². The second kappa shape index (κ2) is 6.08. The highest BCUT2D eigenvalue weighted by molar-refractivity contribution is 8.00.